The molecule has 0 aromatic rings. The van der Waals surface area contributed by atoms with Crippen LogP contribution in [-0.4, -0.2) is 48.3 Å². The first-order valence-electron chi connectivity index (χ1n) is 4.31. The van der Waals surface area contributed by atoms with Crippen LogP contribution in [0.1, 0.15) is 0 Å². The van der Waals surface area contributed by atoms with Gasteiger partial charge in [0.25, 0.3) is 0 Å². The van der Waals surface area contributed by atoms with Crippen molar-refractivity contribution < 1.29 is 0 Å². The highest BCUT2D eigenvalue weighted by molar-refractivity contribution is 6.30. The molecule has 0 aliphatic carbocycles. The van der Waals surface area contributed by atoms with E-state index in [2.05, 4.69) is 15.9 Å². The second-order valence-electron chi connectivity index (χ2n) is 3.28. The van der Waals surface area contributed by atoms with Crippen LogP contribution < -0.4 is 11.0 Å². The van der Waals surface area contributed by atoms with Gasteiger partial charge in [-0.2, -0.15) is 0 Å². The standard InChI is InChI=1S/C7H15Cl2N5/c1-12(2)4-3-10-14-6-7(8)5-13(9)11-14/h6,10-11H,3-5H2,1-2H3. The van der Waals surface area contributed by atoms with Crippen LogP contribution in [-0.2, 0) is 0 Å². The third-order valence-electron chi connectivity index (χ3n) is 1.62. The van der Waals surface area contributed by atoms with E-state index in [4.69, 9.17) is 23.4 Å². The summed E-state index contributed by atoms with van der Waals surface area (Å²) >= 11 is 11.6. The van der Waals surface area contributed by atoms with Crippen molar-refractivity contribution in [2.45, 2.75) is 0 Å². The van der Waals surface area contributed by atoms with Crippen LogP contribution in [0.3, 0.4) is 0 Å². The van der Waals surface area contributed by atoms with E-state index >= 15 is 0 Å². The largest absolute Gasteiger partial charge is 0.308 e. The molecule has 0 atom stereocenters. The normalized spacial score (nSPS) is 18.9. The molecule has 5 nitrogen and oxygen atoms in total. The highest BCUT2D eigenvalue weighted by atomic mass is 35.5. The Balaban J connectivity index is 2.27. The van der Waals surface area contributed by atoms with Gasteiger partial charge in [0.2, 0.25) is 0 Å². The maximum atomic E-state index is 5.85. The van der Waals surface area contributed by atoms with Gasteiger partial charge in [-0.1, -0.05) is 11.6 Å². The average Bonchev–Trinajstić information content (AvgIpc) is 2.01. The molecule has 0 unspecified atom stereocenters. The van der Waals surface area contributed by atoms with Crippen molar-refractivity contribution >= 4 is 23.4 Å². The lowest BCUT2D eigenvalue weighted by atomic mass is 10.6. The van der Waals surface area contributed by atoms with Crippen molar-refractivity contribution in [1.82, 2.24) is 25.5 Å². The smallest absolute Gasteiger partial charge is 0.0688 e. The molecule has 0 amide bonds. The first kappa shape index (κ1) is 12.0. The van der Waals surface area contributed by atoms with Crippen molar-refractivity contribution in [3.63, 3.8) is 0 Å². The van der Waals surface area contributed by atoms with Crippen molar-refractivity contribution in [2.75, 3.05) is 33.7 Å². The Bertz CT molecular complexity index is 208. The van der Waals surface area contributed by atoms with Crippen LogP contribution in [0.25, 0.3) is 0 Å². The van der Waals surface area contributed by atoms with Gasteiger partial charge in [0, 0.05) is 13.1 Å². The third kappa shape index (κ3) is 4.45. The Morgan fingerprint density at radius 1 is 1.64 bits per heavy atom. The average molecular weight is 240 g/mol. The fourth-order valence-electron chi connectivity index (χ4n) is 0.970. The van der Waals surface area contributed by atoms with Crippen LogP contribution in [0, 0.1) is 0 Å². The van der Waals surface area contributed by atoms with Gasteiger partial charge in [0.15, 0.2) is 0 Å². The molecule has 1 aliphatic rings. The van der Waals surface area contributed by atoms with Crippen LogP contribution in [0.5, 0.6) is 0 Å². The number of rotatable bonds is 4. The third-order valence-corrected chi connectivity index (χ3v) is 2.03. The predicted octanol–water partition coefficient (Wildman–Crippen LogP) is 0.324. The zero-order valence-electron chi connectivity index (χ0n) is 8.30. The minimum absolute atomic E-state index is 0.495. The van der Waals surface area contributed by atoms with Crippen LogP contribution in [0.2, 0.25) is 0 Å². The molecule has 1 aliphatic heterocycles. The Kier molecular flexibility index (Phi) is 4.94. The number of hydrogen-bond acceptors (Lipinski definition) is 5. The molecule has 2 N–H and O–H groups in total. The summed E-state index contributed by atoms with van der Waals surface area (Å²) < 4.78 is 1.38. The van der Waals surface area contributed by atoms with E-state index in [1.807, 2.05) is 14.1 Å². The Labute approximate surface area is 94.2 Å². The maximum Gasteiger partial charge on any atom is 0.0688 e. The lowest BCUT2D eigenvalue weighted by Crippen LogP contribution is -2.53. The Morgan fingerprint density at radius 3 is 2.93 bits per heavy atom. The van der Waals surface area contributed by atoms with Gasteiger partial charge in [0.05, 0.1) is 17.8 Å². The van der Waals surface area contributed by atoms with E-state index in [0.29, 0.717) is 11.6 Å². The van der Waals surface area contributed by atoms with E-state index in [0.717, 1.165) is 13.1 Å². The molecule has 0 aromatic carbocycles. The molecule has 0 aromatic heterocycles. The number of halogens is 2. The molecule has 1 heterocycles. The van der Waals surface area contributed by atoms with E-state index < -0.39 is 0 Å². The molecule has 7 heteroatoms. The summed E-state index contributed by atoms with van der Waals surface area (Å²) in [6.07, 6.45) is 1.76. The van der Waals surface area contributed by atoms with Crippen molar-refractivity contribution in [2.24, 2.45) is 0 Å². The Hall–Kier alpha value is -0.0400. The van der Waals surface area contributed by atoms with Crippen molar-refractivity contribution in [1.29, 1.82) is 0 Å². The number of nitrogens with one attached hydrogen (secondary N) is 2. The number of hydrogen-bond donors (Lipinski definition) is 2. The second kappa shape index (κ2) is 5.75. The summed E-state index contributed by atoms with van der Waals surface area (Å²) in [5.74, 6) is 0. The molecule has 0 bridgehead atoms. The summed E-state index contributed by atoms with van der Waals surface area (Å²) in [7, 11) is 4.03. The second-order valence-corrected chi connectivity index (χ2v) is 4.17. The highest BCUT2D eigenvalue weighted by Gasteiger charge is 2.13. The molecule has 0 spiro atoms. The number of nitrogens with zero attached hydrogens (tertiary/aromatic N) is 3. The van der Waals surface area contributed by atoms with Gasteiger partial charge in [-0.25, -0.2) is 10.5 Å². The molecule has 0 saturated carbocycles. The van der Waals surface area contributed by atoms with Gasteiger partial charge in [-0.15, -0.1) is 10.1 Å². The number of likely N-dealkylation sites (N-methyl/N-ethyl adjacent to an activating group) is 1. The topological polar surface area (TPSA) is 33.8 Å². The Morgan fingerprint density at radius 2 is 2.36 bits per heavy atom. The summed E-state index contributed by atoms with van der Waals surface area (Å²) in [6.45, 7) is 2.24. The van der Waals surface area contributed by atoms with Gasteiger partial charge in [-0.05, 0) is 25.9 Å². The van der Waals surface area contributed by atoms with Crippen LogP contribution in [0.15, 0.2) is 11.2 Å². The minimum atomic E-state index is 0.495. The lowest BCUT2D eigenvalue weighted by Gasteiger charge is -2.30. The summed E-state index contributed by atoms with van der Waals surface area (Å²) in [5, 5.41) is 2.32. The summed E-state index contributed by atoms with van der Waals surface area (Å²) in [4.78, 5) is 2.08. The molecule has 82 valence electrons. The predicted molar refractivity (Wildman–Crippen MR) is 58.0 cm³/mol. The summed E-state index contributed by atoms with van der Waals surface area (Å²) in [6, 6.07) is 0. The first-order chi connectivity index (χ1) is 6.58. The zero-order valence-corrected chi connectivity index (χ0v) is 9.81. The molecule has 1 rings (SSSR count). The molecule has 0 saturated heterocycles. The molecule has 0 fully saturated rings. The zero-order chi connectivity index (χ0) is 10.6. The highest BCUT2D eigenvalue weighted by Crippen LogP contribution is 2.09. The summed E-state index contributed by atoms with van der Waals surface area (Å²) in [5.41, 5.74) is 5.97. The number of hydrazine groups is 3. The van der Waals surface area contributed by atoms with E-state index in [1.54, 1.807) is 11.3 Å². The quantitative estimate of drug-likeness (QED) is 0.692. The fourth-order valence-corrected chi connectivity index (χ4v) is 1.46. The van der Waals surface area contributed by atoms with Gasteiger partial charge >= 0.3 is 0 Å². The monoisotopic (exact) mass is 239 g/mol. The first-order valence-corrected chi connectivity index (χ1v) is 5.03. The van der Waals surface area contributed by atoms with Crippen LogP contribution in [0.4, 0.5) is 0 Å². The van der Waals surface area contributed by atoms with Crippen molar-refractivity contribution in [3.05, 3.63) is 11.2 Å². The van der Waals surface area contributed by atoms with Gasteiger partial charge < -0.3 is 4.90 Å². The molecular weight excluding hydrogens is 225 g/mol. The van der Waals surface area contributed by atoms with Gasteiger partial charge in [-0.3, -0.25) is 0 Å². The van der Waals surface area contributed by atoms with Crippen molar-refractivity contribution in [3.8, 4) is 0 Å². The van der Waals surface area contributed by atoms with E-state index in [9.17, 15) is 0 Å². The molecule has 14 heavy (non-hydrogen) atoms. The van der Waals surface area contributed by atoms with Gasteiger partial charge in [0.1, 0.15) is 0 Å². The molecular formula is C7H15Cl2N5. The lowest BCUT2D eigenvalue weighted by molar-refractivity contribution is 0.0742. The van der Waals surface area contributed by atoms with E-state index in [1.165, 1.54) is 4.53 Å². The van der Waals surface area contributed by atoms with Crippen LogP contribution >= 0.6 is 23.4 Å². The molecule has 0 radical (unpaired) electrons. The minimum Gasteiger partial charge on any atom is -0.308 e. The SMILES string of the molecule is CN(C)CCNN1C=C(Cl)CN(Cl)N1. The maximum absolute atomic E-state index is 5.85. The van der Waals surface area contributed by atoms with E-state index in [-0.39, 0.29) is 0 Å². The fraction of sp³-hybridized carbons (Fsp3) is 0.714.